The fraction of sp³-hybridized carbons (Fsp3) is 0. The molecule has 0 aliphatic rings. The molecule has 0 amide bonds. The highest BCUT2D eigenvalue weighted by Gasteiger charge is 2.16. The fourth-order valence-corrected chi connectivity index (χ4v) is 8.16. The molecule has 5 nitrogen and oxygen atoms in total. The molecule has 0 aliphatic carbocycles. The van der Waals surface area contributed by atoms with Gasteiger partial charge >= 0.3 is 0 Å². The summed E-state index contributed by atoms with van der Waals surface area (Å²) in [4.78, 5) is 25.3. The first-order chi connectivity index (χ1) is 30.7. The third kappa shape index (κ3) is 7.18. The number of aromatic nitrogens is 5. The molecular weight excluding hydrogens is 755 g/mol. The minimum absolute atomic E-state index is 0.674. The molecule has 0 saturated heterocycles. The molecule has 290 valence electrons. The third-order valence-electron chi connectivity index (χ3n) is 11.4. The van der Waals surface area contributed by atoms with Crippen molar-refractivity contribution in [2.24, 2.45) is 0 Å². The zero-order chi connectivity index (χ0) is 41.2. The van der Waals surface area contributed by atoms with Crippen LogP contribution in [0.15, 0.2) is 225 Å². The van der Waals surface area contributed by atoms with Crippen LogP contribution in [-0.2, 0) is 0 Å². The average Bonchev–Trinajstić information content (AvgIpc) is 3.37. The van der Waals surface area contributed by atoms with E-state index in [-0.39, 0.29) is 0 Å². The molecule has 4 aromatic heterocycles. The normalized spacial score (nSPS) is 11.2. The summed E-state index contributed by atoms with van der Waals surface area (Å²) in [5.41, 5.74) is 17.0. The Labute approximate surface area is 359 Å². The maximum absolute atomic E-state index is 5.37. The van der Waals surface area contributed by atoms with E-state index in [2.05, 4.69) is 169 Å². The number of pyridine rings is 3. The van der Waals surface area contributed by atoms with Gasteiger partial charge in [0.05, 0.1) is 33.8 Å². The number of benzene rings is 7. The molecule has 11 aromatic rings. The van der Waals surface area contributed by atoms with Crippen molar-refractivity contribution in [2.75, 3.05) is 0 Å². The van der Waals surface area contributed by atoms with Gasteiger partial charge in [-0.1, -0.05) is 182 Å². The van der Waals surface area contributed by atoms with Gasteiger partial charge in [0, 0.05) is 56.5 Å². The second-order valence-electron chi connectivity index (χ2n) is 15.3. The molecule has 7 aromatic carbocycles. The summed E-state index contributed by atoms with van der Waals surface area (Å²) in [6.45, 7) is 0. The van der Waals surface area contributed by atoms with E-state index < -0.39 is 0 Å². The van der Waals surface area contributed by atoms with Gasteiger partial charge in [-0.2, -0.15) is 0 Å². The molecule has 0 spiro atoms. The van der Waals surface area contributed by atoms with Crippen molar-refractivity contribution in [1.82, 2.24) is 24.9 Å². The van der Waals surface area contributed by atoms with Crippen LogP contribution < -0.4 is 0 Å². The molecule has 0 fully saturated rings. The van der Waals surface area contributed by atoms with Crippen molar-refractivity contribution in [3.05, 3.63) is 225 Å². The van der Waals surface area contributed by atoms with Gasteiger partial charge in [0.25, 0.3) is 0 Å². The summed E-state index contributed by atoms with van der Waals surface area (Å²) in [7, 11) is 0. The first-order valence-corrected chi connectivity index (χ1v) is 20.7. The lowest BCUT2D eigenvalue weighted by Gasteiger charge is -2.13. The summed E-state index contributed by atoms with van der Waals surface area (Å²) in [5.74, 6) is 0.674. The predicted octanol–water partition coefficient (Wildman–Crippen LogP) is 14.3. The average molecular weight is 792 g/mol. The highest BCUT2D eigenvalue weighted by molar-refractivity contribution is 6.09. The van der Waals surface area contributed by atoms with Crippen LogP contribution in [0.4, 0.5) is 0 Å². The van der Waals surface area contributed by atoms with Gasteiger partial charge in [-0.25, -0.2) is 19.9 Å². The van der Waals surface area contributed by atoms with Crippen molar-refractivity contribution in [2.45, 2.75) is 0 Å². The van der Waals surface area contributed by atoms with Crippen LogP contribution in [0.5, 0.6) is 0 Å². The highest BCUT2D eigenvalue weighted by Crippen LogP contribution is 2.37. The molecule has 0 saturated carbocycles. The minimum atomic E-state index is 0.674. The lowest BCUT2D eigenvalue weighted by molar-refractivity contribution is 1.18. The van der Waals surface area contributed by atoms with Crippen LogP contribution in [0.3, 0.4) is 0 Å². The smallest absolute Gasteiger partial charge is 0.160 e. The van der Waals surface area contributed by atoms with Crippen molar-refractivity contribution < 1.29 is 0 Å². The first kappa shape index (κ1) is 36.7. The fourth-order valence-electron chi connectivity index (χ4n) is 8.16. The minimum Gasteiger partial charge on any atom is -0.264 e. The van der Waals surface area contributed by atoms with Crippen LogP contribution in [0.25, 0.3) is 112 Å². The Hall–Kier alpha value is -8.41. The predicted molar refractivity (Wildman–Crippen MR) is 254 cm³/mol. The lowest BCUT2D eigenvalue weighted by atomic mass is 9.96. The third-order valence-corrected chi connectivity index (χ3v) is 11.4. The zero-order valence-corrected chi connectivity index (χ0v) is 33.6. The molecule has 62 heavy (non-hydrogen) atoms. The Balaban J connectivity index is 0.971. The second kappa shape index (κ2) is 16.0. The molecule has 0 radical (unpaired) electrons. The molecule has 11 rings (SSSR count). The van der Waals surface area contributed by atoms with Gasteiger partial charge < -0.3 is 0 Å². The molecule has 5 heteroatoms. The second-order valence-corrected chi connectivity index (χ2v) is 15.3. The van der Waals surface area contributed by atoms with Crippen molar-refractivity contribution in [3.8, 4) is 89.8 Å². The first-order valence-electron chi connectivity index (χ1n) is 20.7. The Kier molecular flexibility index (Phi) is 9.45. The largest absolute Gasteiger partial charge is 0.264 e. The Morgan fingerprint density at radius 1 is 0.274 bits per heavy atom. The maximum Gasteiger partial charge on any atom is 0.160 e. The van der Waals surface area contributed by atoms with Crippen LogP contribution in [-0.4, -0.2) is 24.9 Å². The van der Waals surface area contributed by atoms with Crippen LogP contribution in [0.2, 0.25) is 0 Å². The van der Waals surface area contributed by atoms with Crippen LogP contribution in [0, 0.1) is 0 Å². The summed E-state index contributed by atoms with van der Waals surface area (Å²) >= 11 is 0. The van der Waals surface area contributed by atoms with E-state index in [4.69, 9.17) is 19.9 Å². The number of rotatable bonds is 8. The Morgan fingerprint density at radius 2 is 0.774 bits per heavy atom. The number of hydrogen-bond donors (Lipinski definition) is 0. The highest BCUT2D eigenvalue weighted by atomic mass is 14.9. The van der Waals surface area contributed by atoms with Crippen molar-refractivity contribution in [3.63, 3.8) is 0 Å². The number of nitrogens with zero attached hydrogens (tertiary/aromatic N) is 5. The summed E-state index contributed by atoms with van der Waals surface area (Å²) in [5, 5.41) is 2.07. The Morgan fingerprint density at radius 3 is 1.45 bits per heavy atom. The summed E-state index contributed by atoms with van der Waals surface area (Å²) in [6.07, 6.45) is 3.72. The SMILES string of the molecule is c1ccc(-c2ccc(-c3cc(-c4ccccc4)nc(-c4ccc(-c5cccc(-c6cc(-c7cccnc7)c7ccc8ccc(-c9ccccc9)nc8c7n6)c5)cc4)n3)cc2)cc1. The van der Waals surface area contributed by atoms with Crippen molar-refractivity contribution in [1.29, 1.82) is 0 Å². The number of hydrogen-bond acceptors (Lipinski definition) is 5. The summed E-state index contributed by atoms with van der Waals surface area (Å²) < 4.78 is 0. The van der Waals surface area contributed by atoms with Gasteiger partial charge in [0.15, 0.2) is 5.82 Å². The lowest BCUT2D eigenvalue weighted by Crippen LogP contribution is -1.96. The topological polar surface area (TPSA) is 64.5 Å². The van der Waals surface area contributed by atoms with Gasteiger partial charge in [0.1, 0.15) is 0 Å². The van der Waals surface area contributed by atoms with E-state index >= 15 is 0 Å². The van der Waals surface area contributed by atoms with Crippen molar-refractivity contribution >= 4 is 21.8 Å². The standard InChI is InChI=1S/C57H37N5/c1-4-12-38(13-5-1)39-21-25-43(26-22-39)54-36-53(42-16-8-3-9-17-42)61-57(62-54)45-27-23-40(24-28-45)46-18-10-19-47(34-46)52-35-50(48-20-11-33-58-37-48)49-31-29-44-30-32-51(41-14-6-2-7-15-41)59-55(44)56(49)60-52/h1-37H. The van der Waals surface area contributed by atoms with Gasteiger partial charge in [-0.3, -0.25) is 4.98 Å². The van der Waals surface area contributed by atoms with E-state index in [1.165, 1.54) is 11.1 Å². The Bertz CT molecular complexity index is 3350. The van der Waals surface area contributed by atoms with E-state index in [1.807, 2.05) is 54.7 Å². The van der Waals surface area contributed by atoms with Gasteiger partial charge in [-0.15, -0.1) is 0 Å². The zero-order valence-electron chi connectivity index (χ0n) is 33.6. The number of fused-ring (bicyclic) bond motifs is 3. The molecular formula is C57H37N5. The maximum atomic E-state index is 5.37. The van der Waals surface area contributed by atoms with Crippen LogP contribution >= 0.6 is 0 Å². The molecule has 0 unspecified atom stereocenters. The summed E-state index contributed by atoms with van der Waals surface area (Å²) in [6, 6.07) is 73.6. The molecule has 0 aliphatic heterocycles. The van der Waals surface area contributed by atoms with E-state index in [0.29, 0.717) is 5.82 Å². The monoisotopic (exact) mass is 791 g/mol. The van der Waals surface area contributed by atoms with Gasteiger partial charge in [-0.05, 0) is 58.1 Å². The van der Waals surface area contributed by atoms with E-state index in [9.17, 15) is 0 Å². The molecule has 0 N–H and O–H groups in total. The van der Waals surface area contributed by atoms with E-state index in [0.717, 1.165) is 94.7 Å². The van der Waals surface area contributed by atoms with E-state index in [1.54, 1.807) is 6.20 Å². The quantitative estimate of drug-likeness (QED) is 0.143. The molecule has 0 atom stereocenters. The van der Waals surface area contributed by atoms with Crippen LogP contribution in [0.1, 0.15) is 0 Å². The molecule has 0 bridgehead atoms. The van der Waals surface area contributed by atoms with Gasteiger partial charge in [0.2, 0.25) is 0 Å². The molecule has 4 heterocycles.